The smallest absolute Gasteiger partial charge is 0.322 e. The van der Waals surface area contributed by atoms with Crippen LogP contribution in [0.15, 0.2) is 30.3 Å². The zero-order valence-electron chi connectivity index (χ0n) is 13.5. The molecular formula is C16H21N3O6. The van der Waals surface area contributed by atoms with Crippen molar-refractivity contribution in [2.75, 3.05) is 6.54 Å². The molecule has 1 aromatic rings. The first-order valence-electron chi connectivity index (χ1n) is 7.60. The van der Waals surface area contributed by atoms with Gasteiger partial charge in [-0.1, -0.05) is 30.3 Å². The van der Waals surface area contributed by atoms with Crippen LogP contribution < -0.4 is 16.4 Å². The number of carbonyl (C=O) groups is 4. The molecule has 0 spiro atoms. The van der Waals surface area contributed by atoms with Crippen LogP contribution in [-0.2, 0) is 25.6 Å². The lowest BCUT2D eigenvalue weighted by Crippen LogP contribution is -2.52. The fraction of sp³-hybridized carbons (Fsp3) is 0.375. The average Bonchev–Trinajstić information content (AvgIpc) is 2.56. The number of carboxylic acid groups (broad SMARTS) is 2. The molecule has 136 valence electrons. The highest BCUT2D eigenvalue weighted by Crippen LogP contribution is 2.04. The van der Waals surface area contributed by atoms with Crippen molar-refractivity contribution >= 4 is 23.8 Å². The molecule has 0 unspecified atom stereocenters. The van der Waals surface area contributed by atoms with E-state index in [0.29, 0.717) is 0 Å². The van der Waals surface area contributed by atoms with Crippen molar-refractivity contribution in [3.8, 4) is 0 Å². The van der Waals surface area contributed by atoms with E-state index in [-0.39, 0.29) is 19.3 Å². The van der Waals surface area contributed by atoms with Crippen molar-refractivity contribution in [2.24, 2.45) is 5.73 Å². The van der Waals surface area contributed by atoms with Gasteiger partial charge < -0.3 is 26.6 Å². The molecular weight excluding hydrogens is 330 g/mol. The van der Waals surface area contributed by atoms with Gasteiger partial charge in [0.1, 0.15) is 12.6 Å². The topological polar surface area (TPSA) is 159 Å². The minimum absolute atomic E-state index is 0.176. The number of carboxylic acids is 2. The lowest BCUT2D eigenvalue weighted by atomic mass is 10.0. The summed E-state index contributed by atoms with van der Waals surface area (Å²) in [6.45, 7) is -0.631. The number of hydrogen-bond donors (Lipinski definition) is 5. The van der Waals surface area contributed by atoms with Gasteiger partial charge in [-0.15, -0.1) is 0 Å². The summed E-state index contributed by atoms with van der Waals surface area (Å²) >= 11 is 0. The molecule has 2 atom stereocenters. The number of amides is 2. The summed E-state index contributed by atoms with van der Waals surface area (Å²) in [7, 11) is 0. The van der Waals surface area contributed by atoms with E-state index in [0.717, 1.165) is 5.56 Å². The Kier molecular flexibility index (Phi) is 8.07. The lowest BCUT2D eigenvalue weighted by molar-refractivity contribution is -0.140. The molecule has 9 heteroatoms. The Morgan fingerprint density at radius 1 is 1.00 bits per heavy atom. The molecule has 0 radical (unpaired) electrons. The molecule has 9 nitrogen and oxygen atoms in total. The summed E-state index contributed by atoms with van der Waals surface area (Å²) in [4.78, 5) is 45.3. The van der Waals surface area contributed by atoms with Gasteiger partial charge in [0, 0.05) is 6.42 Å². The number of benzene rings is 1. The molecule has 2 amide bonds. The highest BCUT2D eigenvalue weighted by Gasteiger charge is 2.24. The second kappa shape index (κ2) is 10.0. The Balaban J connectivity index is 2.67. The van der Waals surface area contributed by atoms with Gasteiger partial charge in [0.05, 0.1) is 6.04 Å². The number of aliphatic carboxylic acids is 2. The molecule has 25 heavy (non-hydrogen) atoms. The molecule has 0 aliphatic carbocycles. The lowest BCUT2D eigenvalue weighted by Gasteiger charge is -2.20. The van der Waals surface area contributed by atoms with E-state index in [2.05, 4.69) is 10.6 Å². The third-order valence-corrected chi connectivity index (χ3v) is 3.33. The van der Waals surface area contributed by atoms with Crippen LogP contribution in [0, 0.1) is 0 Å². The van der Waals surface area contributed by atoms with Crippen molar-refractivity contribution in [2.45, 2.75) is 31.3 Å². The van der Waals surface area contributed by atoms with Gasteiger partial charge in [-0.05, 0) is 18.4 Å². The van der Waals surface area contributed by atoms with Crippen LogP contribution in [-0.4, -0.2) is 52.6 Å². The molecule has 0 bridgehead atoms. The fourth-order valence-electron chi connectivity index (χ4n) is 2.06. The largest absolute Gasteiger partial charge is 0.481 e. The SMILES string of the molecule is N[C@H](Cc1ccccc1)C(=O)N[C@H](CCC(=O)O)C(=O)NCC(=O)O. The molecule has 0 aliphatic heterocycles. The predicted molar refractivity (Wildman–Crippen MR) is 87.6 cm³/mol. The molecule has 1 rings (SSSR count). The van der Waals surface area contributed by atoms with E-state index in [9.17, 15) is 19.2 Å². The van der Waals surface area contributed by atoms with Gasteiger partial charge in [-0.3, -0.25) is 19.2 Å². The van der Waals surface area contributed by atoms with E-state index < -0.39 is 42.4 Å². The molecule has 0 saturated heterocycles. The first-order valence-corrected chi connectivity index (χ1v) is 7.60. The summed E-state index contributed by atoms with van der Waals surface area (Å²) < 4.78 is 0. The molecule has 1 aromatic carbocycles. The number of hydrogen-bond acceptors (Lipinski definition) is 5. The molecule has 0 aromatic heterocycles. The van der Waals surface area contributed by atoms with Crippen LogP contribution >= 0.6 is 0 Å². The monoisotopic (exact) mass is 351 g/mol. The van der Waals surface area contributed by atoms with Gasteiger partial charge in [-0.2, -0.15) is 0 Å². The predicted octanol–water partition coefficient (Wildman–Crippen LogP) is -0.893. The second-order valence-corrected chi connectivity index (χ2v) is 5.40. The van der Waals surface area contributed by atoms with E-state index in [1.165, 1.54) is 0 Å². The molecule has 0 heterocycles. The van der Waals surface area contributed by atoms with E-state index in [1.54, 1.807) is 24.3 Å². The van der Waals surface area contributed by atoms with Gasteiger partial charge in [-0.25, -0.2) is 0 Å². The third kappa shape index (κ3) is 7.93. The Morgan fingerprint density at radius 2 is 1.64 bits per heavy atom. The van der Waals surface area contributed by atoms with Crippen LogP contribution in [0.2, 0.25) is 0 Å². The Bertz CT molecular complexity index is 620. The Hall–Kier alpha value is -2.94. The van der Waals surface area contributed by atoms with Crippen molar-refractivity contribution in [3.63, 3.8) is 0 Å². The van der Waals surface area contributed by atoms with Gasteiger partial charge >= 0.3 is 11.9 Å². The third-order valence-electron chi connectivity index (χ3n) is 3.33. The molecule has 0 fully saturated rings. The number of nitrogens with one attached hydrogen (secondary N) is 2. The highest BCUT2D eigenvalue weighted by atomic mass is 16.4. The maximum absolute atomic E-state index is 12.2. The molecule has 0 aliphatic rings. The fourth-order valence-corrected chi connectivity index (χ4v) is 2.06. The van der Waals surface area contributed by atoms with Crippen molar-refractivity contribution in [1.29, 1.82) is 0 Å². The molecule has 6 N–H and O–H groups in total. The summed E-state index contributed by atoms with van der Waals surface area (Å²) in [6, 6.07) is 6.92. The average molecular weight is 351 g/mol. The maximum atomic E-state index is 12.2. The van der Waals surface area contributed by atoms with E-state index in [1.807, 2.05) is 6.07 Å². The quantitative estimate of drug-likeness (QED) is 0.365. The first-order chi connectivity index (χ1) is 11.8. The van der Waals surface area contributed by atoms with Crippen LogP contribution in [0.5, 0.6) is 0 Å². The first kappa shape index (κ1) is 20.1. The van der Waals surface area contributed by atoms with Crippen molar-refractivity contribution in [3.05, 3.63) is 35.9 Å². The summed E-state index contributed by atoms with van der Waals surface area (Å²) in [6.07, 6.45) is -0.293. The van der Waals surface area contributed by atoms with Crippen LogP contribution in [0.3, 0.4) is 0 Å². The van der Waals surface area contributed by atoms with Crippen molar-refractivity contribution in [1.82, 2.24) is 10.6 Å². The van der Waals surface area contributed by atoms with Gasteiger partial charge in [0.15, 0.2) is 0 Å². The second-order valence-electron chi connectivity index (χ2n) is 5.40. The van der Waals surface area contributed by atoms with E-state index >= 15 is 0 Å². The zero-order chi connectivity index (χ0) is 18.8. The van der Waals surface area contributed by atoms with Crippen LogP contribution in [0.4, 0.5) is 0 Å². The van der Waals surface area contributed by atoms with Crippen molar-refractivity contribution < 1.29 is 29.4 Å². The standard InChI is InChI=1S/C16H21N3O6/c17-11(8-10-4-2-1-3-5-10)15(24)19-12(6-7-13(20)21)16(25)18-9-14(22)23/h1-5,11-12H,6-9,17H2,(H,18,25)(H,19,24)(H,20,21)(H,22,23)/t11-,12-/m1/s1. The maximum Gasteiger partial charge on any atom is 0.322 e. The minimum Gasteiger partial charge on any atom is -0.481 e. The van der Waals surface area contributed by atoms with Gasteiger partial charge in [0.2, 0.25) is 11.8 Å². The molecule has 0 saturated carbocycles. The summed E-state index contributed by atoms with van der Waals surface area (Å²) in [5, 5.41) is 21.8. The minimum atomic E-state index is -1.25. The summed E-state index contributed by atoms with van der Waals surface area (Å²) in [5.41, 5.74) is 6.66. The highest BCUT2D eigenvalue weighted by molar-refractivity contribution is 5.91. The number of nitrogens with two attached hydrogens (primary N) is 1. The van der Waals surface area contributed by atoms with E-state index in [4.69, 9.17) is 15.9 Å². The van der Waals surface area contributed by atoms with Crippen LogP contribution in [0.25, 0.3) is 0 Å². The van der Waals surface area contributed by atoms with Crippen LogP contribution in [0.1, 0.15) is 18.4 Å². The Morgan fingerprint density at radius 3 is 2.20 bits per heavy atom. The zero-order valence-corrected chi connectivity index (χ0v) is 13.5. The summed E-state index contributed by atoms with van der Waals surface area (Å²) in [5.74, 6) is -3.79. The normalized spacial score (nSPS) is 12.7. The van der Waals surface area contributed by atoms with Gasteiger partial charge in [0.25, 0.3) is 0 Å². The Labute approximate surface area is 144 Å². The number of rotatable bonds is 10. The number of carbonyl (C=O) groups excluding carboxylic acids is 2.